The van der Waals surface area contributed by atoms with Crippen LogP contribution in [0.3, 0.4) is 0 Å². The SMILES string of the molecule is CCC(C)(Cc1ccccc1)Cc1ccccc1. The monoisotopic (exact) mass is 238 g/mol. The predicted molar refractivity (Wildman–Crippen MR) is 78.7 cm³/mol. The van der Waals surface area contributed by atoms with Gasteiger partial charge in [0.15, 0.2) is 0 Å². The van der Waals surface area contributed by atoms with Gasteiger partial charge < -0.3 is 0 Å². The van der Waals surface area contributed by atoms with E-state index in [4.69, 9.17) is 0 Å². The third-order valence-electron chi connectivity index (χ3n) is 3.80. The van der Waals surface area contributed by atoms with Gasteiger partial charge in [-0.1, -0.05) is 80.9 Å². The van der Waals surface area contributed by atoms with Gasteiger partial charge in [-0.2, -0.15) is 0 Å². The molecule has 0 bridgehead atoms. The van der Waals surface area contributed by atoms with Crippen molar-refractivity contribution in [2.45, 2.75) is 33.1 Å². The van der Waals surface area contributed by atoms with E-state index in [1.165, 1.54) is 17.5 Å². The van der Waals surface area contributed by atoms with Crippen molar-refractivity contribution in [3.63, 3.8) is 0 Å². The minimum atomic E-state index is 0.350. The maximum absolute atomic E-state index is 2.40. The first-order valence-corrected chi connectivity index (χ1v) is 6.80. The van der Waals surface area contributed by atoms with Crippen molar-refractivity contribution in [1.29, 1.82) is 0 Å². The largest absolute Gasteiger partial charge is 0.0648 e. The van der Waals surface area contributed by atoms with Gasteiger partial charge in [0, 0.05) is 0 Å². The highest BCUT2D eigenvalue weighted by molar-refractivity contribution is 5.20. The molecule has 0 aliphatic heterocycles. The van der Waals surface area contributed by atoms with Crippen LogP contribution in [0.5, 0.6) is 0 Å². The van der Waals surface area contributed by atoms with Crippen molar-refractivity contribution >= 4 is 0 Å². The number of hydrogen-bond donors (Lipinski definition) is 0. The molecule has 0 saturated heterocycles. The van der Waals surface area contributed by atoms with Crippen LogP contribution in [0.2, 0.25) is 0 Å². The van der Waals surface area contributed by atoms with E-state index in [2.05, 4.69) is 74.5 Å². The van der Waals surface area contributed by atoms with Crippen LogP contribution < -0.4 is 0 Å². The molecule has 0 saturated carbocycles. The van der Waals surface area contributed by atoms with Crippen LogP contribution in [0.15, 0.2) is 60.7 Å². The van der Waals surface area contributed by atoms with Crippen molar-refractivity contribution < 1.29 is 0 Å². The lowest BCUT2D eigenvalue weighted by Crippen LogP contribution is -2.21. The Bertz CT molecular complexity index is 414. The van der Waals surface area contributed by atoms with Crippen molar-refractivity contribution in [2.75, 3.05) is 0 Å². The van der Waals surface area contributed by atoms with Gasteiger partial charge in [-0.25, -0.2) is 0 Å². The van der Waals surface area contributed by atoms with E-state index in [1.54, 1.807) is 0 Å². The van der Waals surface area contributed by atoms with E-state index in [0.29, 0.717) is 5.41 Å². The van der Waals surface area contributed by atoms with Crippen LogP contribution in [-0.2, 0) is 12.8 Å². The van der Waals surface area contributed by atoms with Gasteiger partial charge >= 0.3 is 0 Å². The first-order chi connectivity index (χ1) is 8.72. The third-order valence-corrected chi connectivity index (χ3v) is 3.80. The van der Waals surface area contributed by atoms with Crippen LogP contribution in [0.4, 0.5) is 0 Å². The Morgan fingerprint density at radius 3 is 1.44 bits per heavy atom. The molecule has 2 aromatic rings. The zero-order valence-electron chi connectivity index (χ0n) is 11.4. The second-order valence-electron chi connectivity index (χ2n) is 5.49. The molecule has 18 heavy (non-hydrogen) atoms. The topological polar surface area (TPSA) is 0 Å². The van der Waals surface area contributed by atoms with E-state index < -0.39 is 0 Å². The zero-order valence-corrected chi connectivity index (χ0v) is 11.4. The Hall–Kier alpha value is -1.56. The molecule has 0 unspecified atom stereocenters. The van der Waals surface area contributed by atoms with Crippen LogP contribution >= 0.6 is 0 Å². The Morgan fingerprint density at radius 1 is 0.722 bits per heavy atom. The first-order valence-electron chi connectivity index (χ1n) is 6.80. The Labute approximate surface area is 111 Å². The molecule has 0 aromatic heterocycles. The molecule has 0 nitrogen and oxygen atoms in total. The predicted octanol–water partition coefficient (Wildman–Crippen LogP) is 4.89. The molecule has 0 atom stereocenters. The van der Waals surface area contributed by atoms with Gasteiger partial charge in [0.1, 0.15) is 0 Å². The molecular weight excluding hydrogens is 216 g/mol. The van der Waals surface area contributed by atoms with Gasteiger partial charge in [-0.3, -0.25) is 0 Å². The Balaban J connectivity index is 2.11. The molecular formula is C18H22. The Morgan fingerprint density at radius 2 is 1.11 bits per heavy atom. The van der Waals surface area contributed by atoms with E-state index in [0.717, 1.165) is 12.8 Å². The number of benzene rings is 2. The van der Waals surface area contributed by atoms with Gasteiger partial charge in [-0.05, 0) is 29.4 Å². The molecule has 2 aromatic carbocycles. The van der Waals surface area contributed by atoms with E-state index >= 15 is 0 Å². The quantitative estimate of drug-likeness (QED) is 0.696. The minimum Gasteiger partial charge on any atom is -0.0648 e. The molecule has 94 valence electrons. The summed E-state index contributed by atoms with van der Waals surface area (Å²) in [5.41, 5.74) is 3.23. The second kappa shape index (κ2) is 5.86. The number of rotatable bonds is 5. The molecule has 2 rings (SSSR count). The van der Waals surface area contributed by atoms with Crippen molar-refractivity contribution in [1.82, 2.24) is 0 Å². The summed E-state index contributed by atoms with van der Waals surface area (Å²) in [6.45, 7) is 4.69. The van der Waals surface area contributed by atoms with Gasteiger partial charge in [-0.15, -0.1) is 0 Å². The minimum absolute atomic E-state index is 0.350. The molecule has 0 amide bonds. The maximum Gasteiger partial charge on any atom is -0.0222 e. The lowest BCUT2D eigenvalue weighted by molar-refractivity contribution is 0.306. The summed E-state index contributed by atoms with van der Waals surface area (Å²) < 4.78 is 0. The van der Waals surface area contributed by atoms with E-state index in [1.807, 2.05) is 0 Å². The molecule has 0 radical (unpaired) electrons. The molecule has 0 heteroatoms. The summed E-state index contributed by atoms with van der Waals surface area (Å²) in [5.74, 6) is 0. The fourth-order valence-electron chi connectivity index (χ4n) is 2.49. The van der Waals surface area contributed by atoms with Crippen LogP contribution in [0, 0.1) is 5.41 Å². The lowest BCUT2D eigenvalue weighted by Gasteiger charge is -2.28. The van der Waals surface area contributed by atoms with E-state index in [9.17, 15) is 0 Å². The highest BCUT2D eigenvalue weighted by atomic mass is 14.3. The molecule has 0 aliphatic rings. The average molecular weight is 238 g/mol. The summed E-state index contributed by atoms with van der Waals surface area (Å²) in [4.78, 5) is 0. The zero-order chi connectivity index (χ0) is 12.8. The van der Waals surface area contributed by atoms with Gasteiger partial charge in [0.25, 0.3) is 0 Å². The van der Waals surface area contributed by atoms with Gasteiger partial charge in [0.2, 0.25) is 0 Å². The van der Waals surface area contributed by atoms with Crippen LogP contribution in [-0.4, -0.2) is 0 Å². The maximum atomic E-state index is 2.40. The Kier molecular flexibility index (Phi) is 4.19. The first kappa shape index (κ1) is 12.9. The summed E-state index contributed by atoms with van der Waals surface area (Å²) >= 11 is 0. The highest BCUT2D eigenvalue weighted by Crippen LogP contribution is 2.30. The molecule has 0 spiro atoms. The summed E-state index contributed by atoms with van der Waals surface area (Å²) in [7, 11) is 0. The standard InChI is InChI=1S/C18H22/c1-3-18(2,14-16-10-6-4-7-11-16)15-17-12-8-5-9-13-17/h4-13H,3,14-15H2,1-2H3. The van der Waals surface area contributed by atoms with Crippen molar-refractivity contribution in [2.24, 2.45) is 5.41 Å². The normalized spacial score (nSPS) is 11.4. The second-order valence-corrected chi connectivity index (χ2v) is 5.49. The summed E-state index contributed by atoms with van der Waals surface area (Å²) in [6.07, 6.45) is 3.51. The third kappa shape index (κ3) is 3.46. The summed E-state index contributed by atoms with van der Waals surface area (Å²) in [5, 5.41) is 0. The van der Waals surface area contributed by atoms with Crippen molar-refractivity contribution in [3.05, 3.63) is 71.8 Å². The van der Waals surface area contributed by atoms with Crippen molar-refractivity contribution in [3.8, 4) is 0 Å². The van der Waals surface area contributed by atoms with Crippen LogP contribution in [0.25, 0.3) is 0 Å². The highest BCUT2D eigenvalue weighted by Gasteiger charge is 2.22. The van der Waals surface area contributed by atoms with E-state index in [-0.39, 0.29) is 0 Å². The number of hydrogen-bond acceptors (Lipinski definition) is 0. The molecule has 0 heterocycles. The summed E-state index contributed by atoms with van der Waals surface area (Å²) in [6, 6.07) is 21.6. The lowest BCUT2D eigenvalue weighted by atomic mass is 9.76. The van der Waals surface area contributed by atoms with Crippen LogP contribution in [0.1, 0.15) is 31.4 Å². The van der Waals surface area contributed by atoms with Gasteiger partial charge in [0.05, 0.1) is 0 Å². The fourth-order valence-corrected chi connectivity index (χ4v) is 2.49. The molecule has 0 N–H and O–H groups in total. The fraction of sp³-hybridized carbons (Fsp3) is 0.333. The molecule has 0 aliphatic carbocycles. The average Bonchev–Trinajstić information content (AvgIpc) is 2.41. The molecule has 0 fully saturated rings. The smallest absolute Gasteiger partial charge is 0.0222 e.